The molecular formula is C14H20N6O3. The van der Waals surface area contributed by atoms with E-state index in [1.165, 1.54) is 10.7 Å². The Morgan fingerprint density at radius 1 is 1.39 bits per heavy atom. The van der Waals surface area contributed by atoms with Crippen LogP contribution in [-0.2, 0) is 17.9 Å². The summed E-state index contributed by atoms with van der Waals surface area (Å²) < 4.78 is 3.32. The van der Waals surface area contributed by atoms with Gasteiger partial charge in [-0.25, -0.2) is 0 Å². The molecule has 0 aliphatic rings. The SMILES string of the molecule is Cc1cnn(CCCNC(=O)CCn2nc([N+](=O)[O-])cc2C)c1. The van der Waals surface area contributed by atoms with Crippen LogP contribution in [0.25, 0.3) is 0 Å². The second kappa shape index (κ2) is 7.52. The van der Waals surface area contributed by atoms with Gasteiger partial charge in [-0.1, -0.05) is 0 Å². The molecule has 1 amide bonds. The Bertz CT molecular complexity index is 690. The molecule has 2 heterocycles. The smallest absolute Gasteiger partial charge is 0.358 e. The number of carbonyl (C=O) groups is 1. The highest BCUT2D eigenvalue weighted by Gasteiger charge is 2.15. The fourth-order valence-corrected chi connectivity index (χ4v) is 2.16. The van der Waals surface area contributed by atoms with Gasteiger partial charge in [0.05, 0.1) is 29.6 Å². The Morgan fingerprint density at radius 2 is 2.17 bits per heavy atom. The number of nitrogens with zero attached hydrogens (tertiary/aromatic N) is 5. The number of hydrogen-bond donors (Lipinski definition) is 1. The van der Waals surface area contributed by atoms with Crippen LogP contribution in [0.1, 0.15) is 24.1 Å². The van der Waals surface area contributed by atoms with Gasteiger partial charge in [-0.05, 0) is 30.8 Å². The number of aryl methyl sites for hydroxylation is 4. The lowest BCUT2D eigenvalue weighted by molar-refractivity contribution is -0.389. The molecule has 0 bridgehead atoms. The molecule has 0 aliphatic heterocycles. The van der Waals surface area contributed by atoms with Gasteiger partial charge in [0.25, 0.3) is 0 Å². The minimum atomic E-state index is -0.541. The summed E-state index contributed by atoms with van der Waals surface area (Å²) in [4.78, 5) is 21.9. The zero-order valence-corrected chi connectivity index (χ0v) is 13.2. The van der Waals surface area contributed by atoms with Crippen LogP contribution in [0.4, 0.5) is 5.82 Å². The molecular weight excluding hydrogens is 300 g/mol. The van der Waals surface area contributed by atoms with Crippen molar-refractivity contribution in [2.24, 2.45) is 0 Å². The summed E-state index contributed by atoms with van der Waals surface area (Å²) in [5.74, 6) is -0.295. The standard InChI is InChI=1S/C14H20N6O3/c1-11-9-16-18(10-11)6-3-5-15-14(21)4-7-19-12(2)8-13(17-19)20(22)23/h8-10H,3-7H2,1-2H3,(H,15,21). The van der Waals surface area contributed by atoms with Crippen LogP contribution in [0.15, 0.2) is 18.5 Å². The van der Waals surface area contributed by atoms with Crippen molar-refractivity contribution in [1.29, 1.82) is 0 Å². The maximum atomic E-state index is 11.8. The van der Waals surface area contributed by atoms with Crippen molar-refractivity contribution in [3.63, 3.8) is 0 Å². The lowest BCUT2D eigenvalue weighted by Gasteiger charge is -2.05. The number of nitro groups is 1. The topological polar surface area (TPSA) is 108 Å². The van der Waals surface area contributed by atoms with Gasteiger partial charge in [0.15, 0.2) is 0 Å². The predicted molar refractivity (Wildman–Crippen MR) is 82.8 cm³/mol. The molecule has 0 spiro atoms. The van der Waals surface area contributed by atoms with E-state index < -0.39 is 4.92 Å². The van der Waals surface area contributed by atoms with Gasteiger partial charge in [-0.3, -0.25) is 9.48 Å². The summed E-state index contributed by atoms with van der Waals surface area (Å²) >= 11 is 0. The average molecular weight is 320 g/mol. The number of amides is 1. The number of carbonyl (C=O) groups excluding carboxylic acids is 1. The second-order valence-corrected chi connectivity index (χ2v) is 5.36. The Hall–Kier alpha value is -2.71. The number of rotatable bonds is 8. The molecule has 0 aliphatic carbocycles. The first kappa shape index (κ1) is 16.7. The molecule has 0 atom stereocenters. The lowest BCUT2D eigenvalue weighted by Crippen LogP contribution is -2.26. The van der Waals surface area contributed by atoms with E-state index in [-0.39, 0.29) is 18.1 Å². The number of hydrogen-bond acceptors (Lipinski definition) is 5. The predicted octanol–water partition coefficient (Wildman–Crippen LogP) is 1.20. The largest absolute Gasteiger partial charge is 0.390 e. The Balaban J connectivity index is 1.68. The summed E-state index contributed by atoms with van der Waals surface area (Å²) in [6, 6.07) is 1.39. The summed E-state index contributed by atoms with van der Waals surface area (Å²) in [5.41, 5.74) is 1.77. The molecule has 9 heteroatoms. The molecule has 0 saturated heterocycles. The normalized spacial score (nSPS) is 10.7. The van der Waals surface area contributed by atoms with Gasteiger partial charge in [-0.15, -0.1) is 0 Å². The minimum Gasteiger partial charge on any atom is -0.358 e. The van der Waals surface area contributed by atoms with Crippen LogP contribution < -0.4 is 5.32 Å². The van der Waals surface area contributed by atoms with E-state index in [1.807, 2.05) is 17.8 Å². The van der Waals surface area contributed by atoms with Crippen molar-refractivity contribution in [3.05, 3.63) is 39.8 Å². The Labute approximate surface area is 133 Å². The van der Waals surface area contributed by atoms with Crippen molar-refractivity contribution in [1.82, 2.24) is 24.9 Å². The summed E-state index contributed by atoms with van der Waals surface area (Å²) in [6.45, 7) is 5.34. The molecule has 23 heavy (non-hydrogen) atoms. The lowest BCUT2D eigenvalue weighted by atomic mass is 10.3. The highest BCUT2D eigenvalue weighted by Crippen LogP contribution is 2.11. The van der Waals surface area contributed by atoms with Gasteiger partial charge in [0.2, 0.25) is 5.91 Å². The van der Waals surface area contributed by atoms with Crippen molar-refractivity contribution >= 4 is 11.7 Å². The molecule has 0 fully saturated rings. The van der Waals surface area contributed by atoms with E-state index >= 15 is 0 Å². The van der Waals surface area contributed by atoms with Crippen LogP contribution in [-0.4, -0.2) is 36.9 Å². The van der Waals surface area contributed by atoms with Gasteiger partial charge < -0.3 is 15.4 Å². The molecule has 2 aromatic rings. The Kier molecular flexibility index (Phi) is 5.45. The van der Waals surface area contributed by atoms with E-state index in [1.54, 1.807) is 13.1 Å². The van der Waals surface area contributed by atoms with Crippen LogP contribution in [0.3, 0.4) is 0 Å². The average Bonchev–Trinajstić information content (AvgIpc) is 3.07. The fraction of sp³-hybridized carbons (Fsp3) is 0.500. The van der Waals surface area contributed by atoms with Gasteiger partial charge in [0.1, 0.15) is 0 Å². The number of aromatic nitrogens is 4. The van der Waals surface area contributed by atoms with Crippen molar-refractivity contribution in [3.8, 4) is 0 Å². The van der Waals surface area contributed by atoms with Crippen LogP contribution in [0.5, 0.6) is 0 Å². The molecule has 0 unspecified atom stereocenters. The summed E-state index contributed by atoms with van der Waals surface area (Å²) in [7, 11) is 0. The van der Waals surface area contributed by atoms with E-state index in [2.05, 4.69) is 15.5 Å². The van der Waals surface area contributed by atoms with Crippen LogP contribution in [0.2, 0.25) is 0 Å². The maximum Gasteiger partial charge on any atom is 0.390 e. The van der Waals surface area contributed by atoms with Gasteiger partial charge >= 0.3 is 5.82 Å². The minimum absolute atomic E-state index is 0.0980. The quantitative estimate of drug-likeness (QED) is 0.447. The second-order valence-electron chi connectivity index (χ2n) is 5.36. The van der Waals surface area contributed by atoms with Gasteiger partial charge in [0, 0.05) is 25.7 Å². The first-order valence-corrected chi connectivity index (χ1v) is 7.40. The van der Waals surface area contributed by atoms with E-state index in [0.717, 1.165) is 18.5 Å². The molecule has 0 aromatic carbocycles. The zero-order chi connectivity index (χ0) is 16.8. The molecule has 0 radical (unpaired) electrons. The Morgan fingerprint density at radius 3 is 2.78 bits per heavy atom. The van der Waals surface area contributed by atoms with E-state index in [4.69, 9.17) is 0 Å². The fourth-order valence-electron chi connectivity index (χ4n) is 2.16. The first-order valence-electron chi connectivity index (χ1n) is 7.40. The van der Waals surface area contributed by atoms with Crippen molar-refractivity contribution in [2.75, 3.05) is 6.54 Å². The maximum absolute atomic E-state index is 11.8. The molecule has 124 valence electrons. The van der Waals surface area contributed by atoms with Crippen LogP contribution >= 0.6 is 0 Å². The summed E-state index contributed by atoms with van der Waals surface area (Å²) in [5, 5.41) is 21.5. The van der Waals surface area contributed by atoms with Gasteiger partial charge in [-0.2, -0.15) is 9.78 Å². The number of nitrogens with one attached hydrogen (secondary N) is 1. The first-order chi connectivity index (χ1) is 11.0. The summed E-state index contributed by atoms with van der Waals surface area (Å²) in [6.07, 6.45) is 4.78. The molecule has 1 N–H and O–H groups in total. The molecule has 2 rings (SSSR count). The van der Waals surface area contributed by atoms with Crippen LogP contribution in [0, 0.1) is 24.0 Å². The monoisotopic (exact) mass is 320 g/mol. The third-order valence-corrected chi connectivity index (χ3v) is 3.35. The highest BCUT2D eigenvalue weighted by molar-refractivity contribution is 5.75. The molecule has 0 saturated carbocycles. The van der Waals surface area contributed by atoms with E-state index in [0.29, 0.717) is 18.8 Å². The molecule has 2 aromatic heterocycles. The molecule has 9 nitrogen and oxygen atoms in total. The van der Waals surface area contributed by atoms with Crippen molar-refractivity contribution in [2.45, 2.75) is 39.8 Å². The van der Waals surface area contributed by atoms with E-state index in [9.17, 15) is 14.9 Å². The third kappa shape index (κ3) is 4.90. The van der Waals surface area contributed by atoms with Crippen molar-refractivity contribution < 1.29 is 9.72 Å². The highest BCUT2D eigenvalue weighted by atomic mass is 16.6. The zero-order valence-electron chi connectivity index (χ0n) is 13.2. The third-order valence-electron chi connectivity index (χ3n) is 3.35.